The maximum Gasteiger partial charge on any atom is 0.311 e. The molecule has 1 aromatic carbocycles. The highest BCUT2D eigenvalue weighted by Crippen LogP contribution is 2.11. The van der Waals surface area contributed by atoms with Gasteiger partial charge < -0.3 is 9.52 Å². The normalized spacial score (nSPS) is 10.4. The van der Waals surface area contributed by atoms with Crippen LogP contribution in [0.1, 0.15) is 16.8 Å². The van der Waals surface area contributed by atoms with Gasteiger partial charge in [-0.2, -0.15) is 0 Å². The highest BCUT2D eigenvalue weighted by atomic mass is 16.4. The van der Waals surface area contributed by atoms with Crippen LogP contribution in [0.25, 0.3) is 11.0 Å². The number of rotatable bonds is 3. The van der Waals surface area contributed by atoms with Crippen LogP contribution in [0.2, 0.25) is 0 Å². The van der Waals surface area contributed by atoms with Crippen molar-refractivity contribution in [2.75, 3.05) is 0 Å². The Morgan fingerprint density at radius 2 is 1.94 bits per heavy atom. The van der Waals surface area contributed by atoms with Crippen molar-refractivity contribution >= 4 is 22.7 Å². The average Bonchev–Trinajstić information content (AvgIpc) is 2.28. The van der Waals surface area contributed by atoms with E-state index < -0.39 is 23.6 Å². The van der Waals surface area contributed by atoms with Gasteiger partial charge in [-0.3, -0.25) is 14.4 Å². The van der Waals surface area contributed by atoms with Gasteiger partial charge in [-0.15, -0.1) is 0 Å². The van der Waals surface area contributed by atoms with Crippen LogP contribution >= 0.6 is 0 Å². The van der Waals surface area contributed by atoms with Gasteiger partial charge in [0.15, 0.2) is 5.78 Å². The zero-order chi connectivity index (χ0) is 12.4. The fourth-order valence-electron chi connectivity index (χ4n) is 1.50. The molecule has 0 fully saturated rings. The summed E-state index contributed by atoms with van der Waals surface area (Å²) in [6.45, 7) is 0. The highest BCUT2D eigenvalue weighted by molar-refractivity contribution is 6.06. The Bertz CT molecular complexity index is 653. The van der Waals surface area contributed by atoms with Crippen LogP contribution in [0.15, 0.2) is 39.7 Å². The number of carbonyl (C=O) groups is 2. The molecular weight excluding hydrogens is 224 g/mol. The van der Waals surface area contributed by atoms with Crippen LogP contribution < -0.4 is 5.43 Å². The zero-order valence-electron chi connectivity index (χ0n) is 8.67. The number of hydrogen-bond donors (Lipinski definition) is 1. The lowest BCUT2D eigenvalue weighted by molar-refractivity contribution is -0.135. The van der Waals surface area contributed by atoms with E-state index in [2.05, 4.69) is 0 Å². The number of Topliss-reactive ketones (excluding diaryl/α,β-unsaturated/α-hetero) is 1. The fourth-order valence-corrected chi connectivity index (χ4v) is 1.50. The highest BCUT2D eigenvalue weighted by Gasteiger charge is 2.16. The van der Waals surface area contributed by atoms with E-state index in [1.54, 1.807) is 18.2 Å². The predicted octanol–water partition coefficient (Wildman–Crippen LogP) is 1.45. The van der Waals surface area contributed by atoms with Crippen LogP contribution in [0.3, 0.4) is 0 Å². The number of ketones is 1. The number of aliphatic carboxylic acids is 1. The molecule has 1 N–H and O–H groups in total. The minimum atomic E-state index is -1.28. The SMILES string of the molecule is O=C(O)CC(=O)c1coc2ccccc2c1=O. The van der Waals surface area contributed by atoms with E-state index in [1.807, 2.05) is 0 Å². The van der Waals surface area contributed by atoms with Crippen molar-refractivity contribution < 1.29 is 19.1 Å². The second-order valence-electron chi connectivity index (χ2n) is 3.47. The van der Waals surface area contributed by atoms with Crippen LogP contribution in [-0.2, 0) is 4.79 Å². The lowest BCUT2D eigenvalue weighted by atomic mass is 10.1. The van der Waals surface area contributed by atoms with Gasteiger partial charge in [-0.1, -0.05) is 12.1 Å². The maximum absolute atomic E-state index is 11.9. The van der Waals surface area contributed by atoms with Gasteiger partial charge in [0.1, 0.15) is 23.8 Å². The van der Waals surface area contributed by atoms with Crippen molar-refractivity contribution in [2.45, 2.75) is 6.42 Å². The Hall–Kier alpha value is -2.43. The van der Waals surface area contributed by atoms with Crippen LogP contribution in [0.4, 0.5) is 0 Å². The van der Waals surface area contributed by atoms with Crippen molar-refractivity contribution in [1.29, 1.82) is 0 Å². The minimum absolute atomic E-state index is 0.230. The van der Waals surface area contributed by atoms with Crippen molar-refractivity contribution in [3.05, 3.63) is 46.3 Å². The molecule has 0 amide bonds. The molecule has 0 radical (unpaired) electrons. The van der Waals surface area contributed by atoms with Gasteiger partial charge in [0.05, 0.1) is 5.39 Å². The molecule has 0 unspecified atom stereocenters. The Balaban J connectivity index is 2.57. The summed E-state index contributed by atoms with van der Waals surface area (Å²) in [7, 11) is 0. The second-order valence-corrected chi connectivity index (χ2v) is 3.47. The van der Waals surface area contributed by atoms with Crippen molar-refractivity contribution in [2.24, 2.45) is 0 Å². The lowest BCUT2D eigenvalue weighted by Gasteiger charge is -1.99. The second kappa shape index (κ2) is 4.21. The third kappa shape index (κ3) is 2.08. The smallest absolute Gasteiger partial charge is 0.311 e. The molecule has 0 saturated heterocycles. The van der Waals surface area contributed by atoms with Gasteiger partial charge in [0.25, 0.3) is 0 Å². The van der Waals surface area contributed by atoms with Crippen LogP contribution in [0, 0.1) is 0 Å². The summed E-state index contributed by atoms with van der Waals surface area (Å²) in [4.78, 5) is 33.8. The Morgan fingerprint density at radius 3 is 2.65 bits per heavy atom. The van der Waals surface area contributed by atoms with Gasteiger partial charge in [-0.25, -0.2) is 0 Å². The van der Waals surface area contributed by atoms with Crippen LogP contribution in [-0.4, -0.2) is 16.9 Å². The quantitative estimate of drug-likeness (QED) is 0.639. The molecule has 1 heterocycles. The summed E-state index contributed by atoms with van der Waals surface area (Å²) >= 11 is 0. The van der Waals surface area contributed by atoms with Crippen molar-refractivity contribution in [1.82, 2.24) is 0 Å². The molecule has 0 atom stereocenters. The largest absolute Gasteiger partial charge is 0.481 e. The molecule has 0 aliphatic heterocycles. The van der Waals surface area contributed by atoms with E-state index in [4.69, 9.17) is 9.52 Å². The maximum atomic E-state index is 11.9. The lowest BCUT2D eigenvalue weighted by Crippen LogP contribution is -2.17. The number of para-hydroxylation sites is 1. The molecule has 0 spiro atoms. The number of benzene rings is 1. The molecule has 0 aliphatic carbocycles. The zero-order valence-corrected chi connectivity index (χ0v) is 8.67. The Kier molecular flexibility index (Phi) is 2.74. The third-order valence-electron chi connectivity index (χ3n) is 2.29. The van der Waals surface area contributed by atoms with E-state index in [0.29, 0.717) is 5.58 Å². The summed E-state index contributed by atoms with van der Waals surface area (Å²) in [6.07, 6.45) is 0.291. The molecule has 1 aromatic heterocycles. The van der Waals surface area contributed by atoms with Crippen LogP contribution in [0.5, 0.6) is 0 Å². The van der Waals surface area contributed by atoms with Crippen molar-refractivity contribution in [3.8, 4) is 0 Å². The number of carboxylic acid groups (broad SMARTS) is 1. The van der Waals surface area contributed by atoms with E-state index >= 15 is 0 Å². The summed E-state index contributed by atoms with van der Waals surface area (Å²) in [5.74, 6) is -2.03. The third-order valence-corrected chi connectivity index (χ3v) is 2.29. The molecule has 0 saturated carbocycles. The minimum Gasteiger partial charge on any atom is -0.481 e. The number of fused-ring (bicyclic) bond motifs is 1. The summed E-state index contributed by atoms with van der Waals surface area (Å²) in [6, 6.07) is 6.47. The first kappa shape index (κ1) is 11.1. The standard InChI is InChI=1S/C12H8O5/c13-9(5-11(14)15)8-6-17-10-4-2-1-3-7(10)12(8)16/h1-4,6H,5H2,(H,14,15). The predicted molar refractivity (Wildman–Crippen MR) is 59.1 cm³/mol. The molecule has 5 nitrogen and oxygen atoms in total. The first-order chi connectivity index (χ1) is 8.09. The molecule has 86 valence electrons. The van der Waals surface area contributed by atoms with Gasteiger partial charge in [0, 0.05) is 0 Å². The topological polar surface area (TPSA) is 84.6 Å². The number of hydrogen-bond acceptors (Lipinski definition) is 4. The Morgan fingerprint density at radius 1 is 1.24 bits per heavy atom. The molecule has 5 heteroatoms. The van der Waals surface area contributed by atoms with E-state index in [9.17, 15) is 14.4 Å². The van der Waals surface area contributed by atoms with E-state index in [1.165, 1.54) is 6.07 Å². The first-order valence-corrected chi connectivity index (χ1v) is 4.85. The molecular formula is C12H8O5. The van der Waals surface area contributed by atoms with E-state index in [0.717, 1.165) is 6.26 Å². The monoisotopic (exact) mass is 232 g/mol. The molecule has 2 rings (SSSR count). The number of carboxylic acids is 1. The molecule has 17 heavy (non-hydrogen) atoms. The van der Waals surface area contributed by atoms with E-state index in [-0.39, 0.29) is 10.9 Å². The summed E-state index contributed by atoms with van der Waals surface area (Å²) in [5, 5.41) is 8.76. The van der Waals surface area contributed by atoms with Gasteiger partial charge in [-0.05, 0) is 12.1 Å². The molecule has 0 aliphatic rings. The summed E-state index contributed by atoms with van der Waals surface area (Å²) < 4.78 is 5.11. The first-order valence-electron chi connectivity index (χ1n) is 4.85. The molecule has 0 bridgehead atoms. The van der Waals surface area contributed by atoms with Crippen molar-refractivity contribution in [3.63, 3.8) is 0 Å². The van der Waals surface area contributed by atoms with Gasteiger partial charge >= 0.3 is 5.97 Å². The Labute approximate surface area is 95.3 Å². The fraction of sp³-hybridized carbons (Fsp3) is 0.0833. The summed E-state index contributed by atoms with van der Waals surface area (Å²) in [5.41, 5.74) is -0.367. The average molecular weight is 232 g/mol. The van der Waals surface area contributed by atoms with Gasteiger partial charge in [0.2, 0.25) is 5.43 Å². The number of carbonyl (C=O) groups excluding carboxylic acids is 1. The molecule has 2 aromatic rings.